The van der Waals surface area contributed by atoms with Gasteiger partial charge >= 0.3 is 0 Å². The van der Waals surface area contributed by atoms with Crippen LogP contribution in [0, 0.1) is 12.8 Å². The van der Waals surface area contributed by atoms with Crippen molar-refractivity contribution in [2.45, 2.75) is 51.9 Å². The number of ether oxygens (including phenoxy) is 2. The van der Waals surface area contributed by atoms with E-state index in [4.69, 9.17) is 9.47 Å². The number of rotatable bonds is 1. The van der Waals surface area contributed by atoms with Gasteiger partial charge in [0.25, 0.3) is 0 Å². The van der Waals surface area contributed by atoms with Crippen molar-refractivity contribution >= 4 is 0 Å². The summed E-state index contributed by atoms with van der Waals surface area (Å²) in [5.41, 5.74) is 2.29. The van der Waals surface area contributed by atoms with Gasteiger partial charge in [0.1, 0.15) is 5.75 Å². The predicted octanol–water partition coefficient (Wildman–Crippen LogP) is 3.77. The van der Waals surface area contributed by atoms with Gasteiger partial charge in [-0.05, 0) is 31.9 Å². The molecule has 0 saturated carbocycles. The molecule has 92 valence electrons. The Morgan fingerprint density at radius 3 is 2.71 bits per heavy atom. The third-order valence-corrected chi connectivity index (χ3v) is 4.22. The van der Waals surface area contributed by atoms with E-state index in [9.17, 15) is 0 Å². The summed E-state index contributed by atoms with van der Waals surface area (Å²) in [6, 6.07) is 6.43. The Morgan fingerprint density at radius 2 is 2.00 bits per heavy atom. The summed E-state index contributed by atoms with van der Waals surface area (Å²) >= 11 is 0. The molecule has 2 aliphatic heterocycles. The molecule has 17 heavy (non-hydrogen) atoms. The molecular formula is C15H20O2. The molecule has 1 saturated heterocycles. The summed E-state index contributed by atoms with van der Waals surface area (Å²) in [4.78, 5) is 0. The number of aryl methyl sites for hydroxylation is 1. The van der Waals surface area contributed by atoms with Crippen LogP contribution in [0.5, 0.6) is 5.75 Å². The molecule has 1 aromatic carbocycles. The predicted molar refractivity (Wildman–Crippen MR) is 67.0 cm³/mol. The van der Waals surface area contributed by atoms with Gasteiger partial charge in [0.05, 0.1) is 5.60 Å². The second kappa shape index (κ2) is 3.26. The first-order valence-electron chi connectivity index (χ1n) is 6.46. The highest BCUT2D eigenvalue weighted by Gasteiger charge is 2.55. The van der Waals surface area contributed by atoms with Crippen molar-refractivity contribution in [1.82, 2.24) is 0 Å². The third-order valence-electron chi connectivity index (χ3n) is 4.22. The van der Waals surface area contributed by atoms with Crippen LogP contribution in [0.3, 0.4) is 0 Å². The molecule has 2 bridgehead atoms. The highest BCUT2D eigenvalue weighted by atomic mass is 16.7. The van der Waals surface area contributed by atoms with E-state index in [-0.39, 0.29) is 5.60 Å². The average molecular weight is 232 g/mol. The molecule has 0 N–H and O–H groups in total. The quantitative estimate of drug-likeness (QED) is 0.734. The van der Waals surface area contributed by atoms with Crippen LogP contribution in [0.4, 0.5) is 0 Å². The maximum atomic E-state index is 6.28. The largest absolute Gasteiger partial charge is 0.462 e. The van der Waals surface area contributed by atoms with E-state index < -0.39 is 5.79 Å². The molecule has 1 aromatic rings. The van der Waals surface area contributed by atoms with Crippen molar-refractivity contribution in [3.63, 3.8) is 0 Å². The van der Waals surface area contributed by atoms with Gasteiger partial charge in [-0.1, -0.05) is 26.0 Å². The van der Waals surface area contributed by atoms with Crippen LogP contribution >= 0.6 is 0 Å². The Kier molecular flexibility index (Phi) is 2.13. The molecule has 2 heterocycles. The molecule has 0 spiro atoms. The van der Waals surface area contributed by atoms with E-state index in [1.807, 2.05) is 0 Å². The Balaban J connectivity index is 2.14. The van der Waals surface area contributed by atoms with E-state index in [2.05, 4.69) is 45.9 Å². The van der Waals surface area contributed by atoms with E-state index in [1.54, 1.807) is 0 Å². The van der Waals surface area contributed by atoms with Gasteiger partial charge < -0.3 is 9.47 Å². The first-order chi connectivity index (χ1) is 7.95. The van der Waals surface area contributed by atoms with Gasteiger partial charge in [-0.2, -0.15) is 0 Å². The van der Waals surface area contributed by atoms with Crippen LogP contribution in [-0.2, 0) is 10.3 Å². The number of fused-ring (bicyclic) bond motifs is 4. The summed E-state index contributed by atoms with van der Waals surface area (Å²) in [5, 5.41) is 0. The molecule has 0 aliphatic carbocycles. The average Bonchev–Trinajstić information content (AvgIpc) is 2.53. The number of benzene rings is 1. The van der Waals surface area contributed by atoms with Crippen molar-refractivity contribution in [3.05, 3.63) is 29.3 Å². The van der Waals surface area contributed by atoms with E-state index in [0.29, 0.717) is 5.92 Å². The smallest absolute Gasteiger partial charge is 0.213 e. The Morgan fingerprint density at radius 1 is 1.24 bits per heavy atom. The van der Waals surface area contributed by atoms with Gasteiger partial charge in [-0.25, -0.2) is 0 Å². The Labute approximate surface area is 103 Å². The monoisotopic (exact) mass is 232 g/mol. The highest BCUT2D eigenvalue weighted by Crippen LogP contribution is 2.54. The zero-order valence-corrected chi connectivity index (χ0v) is 11.0. The minimum absolute atomic E-state index is 0.161. The minimum Gasteiger partial charge on any atom is -0.462 e. The normalized spacial score (nSPS) is 34.6. The lowest BCUT2D eigenvalue weighted by molar-refractivity contribution is -0.244. The van der Waals surface area contributed by atoms with Crippen molar-refractivity contribution in [2.24, 2.45) is 5.92 Å². The molecule has 2 heteroatoms. The molecule has 0 aromatic heterocycles. The molecule has 0 radical (unpaired) electrons. The van der Waals surface area contributed by atoms with Crippen molar-refractivity contribution < 1.29 is 9.47 Å². The number of hydrogen-bond donors (Lipinski definition) is 0. The van der Waals surface area contributed by atoms with Crippen LogP contribution < -0.4 is 4.74 Å². The molecule has 2 nitrogen and oxygen atoms in total. The zero-order chi connectivity index (χ0) is 12.3. The second-order valence-electron chi connectivity index (χ2n) is 5.90. The zero-order valence-electron chi connectivity index (χ0n) is 11.0. The van der Waals surface area contributed by atoms with E-state index in [1.165, 1.54) is 11.1 Å². The lowest BCUT2D eigenvalue weighted by Gasteiger charge is -2.42. The molecule has 2 aliphatic rings. The summed E-state index contributed by atoms with van der Waals surface area (Å²) < 4.78 is 12.5. The fourth-order valence-corrected chi connectivity index (χ4v) is 3.02. The topological polar surface area (TPSA) is 18.5 Å². The van der Waals surface area contributed by atoms with Gasteiger partial charge in [0.2, 0.25) is 5.79 Å². The van der Waals surface area contributed by atoms with Gasteiger partial charge in [-0.15, -0.1) is 0 Å². The van der Waals surface area contributed by atoms with Crippen molar-refractivity contribution in [2.75, 3.05) is 0 Å². The van der Waals surface area contributed by atoms with Gasteiger partial charge in [0.15, 0.2) is 0 Å². The fourth-order valence-electron chi connectivity index (χ4n) is 3.02. The van der Waals surface area contributed by atoms with E-state index >= 15 is 0 Å². The fraction of sp³-hybridized carbons (Fsp3) is 0.600. The number of hydrogen-bond acceptors (Lipinski definition) is 2. The van der Waals surface area contributed by atoms with Crippen molar-refractivity contribution in [3.8, 4) is 5.75 Å². The summed E-state index contributed by atoms with van der Waals surface area (Å²) in [6.07, 6.45) is 2.02. The lowest BCUT2D eigenvalue weighted by atomic mass is 9.91. The van der Waals surface area contributed by atoms with E-state index in [0.717, 1.165) is 18.6 Å². The van der Waals surface area contributed by atoms with Crippen LogP contribution in [0.15, 0.2) is 18.2 Å². The third kappa shape index (κ3) is 1.43. The van der Waals surface area contributed by atoms with Gasteiger partial charge in [-0.3, -0.25) is 0 Å². The van der Waals surface area contributed by atoms with Crippen molar-refractivity contribution in [1.29, 1.82) is 0 Å². The molecule has 1 fully saturated rings. The maximum Gasteiger partial charge on any atom is 0.213 e. The van der Waals surface area contributed by atoms with Crippen LogP contribution in [0.1, 0.15) is 44.7 Å². The summed E-state index contributed by atoms with van der Waals surface area (Å²) in [5.74, 6) is 0.984. The molecule has 3 rings (SSSR count). The van der Waals surface area contributed by atoms with Gasteiger partial charge in [0, 0.05) is 17.9 Å². The Bertz CT molecular complexity index is 466. The standard InChI is InChI=1S/C15H20O2/c1-10(2)15-8-7-14(4,17-15)12-6-5-11(3)9-13(12)16-15/h5-6,9-10H,7-8H2,1-4H3/t14?,15-/m1/s1. The van der Waals surface area contributed by atoms with Crippen LogP contribution in [0.2, 0.25) is 0 Å². The summed E-state index contributed by atoms with van der Waals surface area (Å²) in [6.45, 7) is 8.64. The molecule has 1 unspecified atom stereocenters. The highest BCUT2D eigenvalue weighted by molar-refractivity contribution is 5.43. The second-order valence-corrected chi connectivity index (χ2v) is 5.90. The molecule has 0 amide bonds. The maximum absolute atomic E-state index is 6.28. The van der Waals surface area contributed by atoms with Crippen LogP contribution in [0.25, 0.3) is 0 Å². The first kappa shape index (κ1) is 11.1. The Hall–Kier alpha value is -1.02. The first-order valence-corrected chi connectivity index (χ1v) is 6.46. The lowest BCUT2D eigenvalue weighted by Crippen LogP contribution is -2.46. The molecule has 2 atom stereocenters. The minimum atomic E-state index is -0.407. The SMILES string of the molecule is Cc1ccc2c(c1)O[C@]1(C(C)C)CCC2(C)O1. The summed E-state index contributed by atoms with van der Waals surface area (Å²) in [7, 11) is 0. The van der Waals surface area contributed by atoms with Crippen LogP contribution in [-0.4, -0.2) is 5.79 Å². The molecular weight excluding hydrogens is 212 g/mol.